The molecule has 0 aromatic heterocycles. The van der Waals surface area contributed by atoms with Gasteiger partial charge in [-0.25, -0.2) is 0 Å². The molecule has 0 heterocycles. The van der Waals surface area contributed by atoms with Gasteiger partial charge in [0.15, 0.2) is 0 Å². The van der Waals surface area contributed by atoms with Gasteiger partial charge in [0.2, 0.25) is 0 Å². The van der Waals surface area contributed by atoms with E-state index in [2.05, 4.69) is 10.7 Å². The topological polar surface area (TPSA) is 87.3 Å². The highest BCUT2D eigenvalue weighted by Crippen LogP contribution is 2.10. The first kappa shape index (κ1) is 16.5. The SMILES string of the molecule is O=C(NCc1ccccc1)C(=O)NNC(=O)c1cccc(Cl)c1. The Morgan fingerprint density at radius 2 is 1.61 bits per heavy atom. The van der Waals surface area contributed by atoms with Gasteiger partial charge in [-0.05, 0) is 23.8 Å². The molecule has 0 spiro atoms. The molecule has 0 aliphatic carbocycles. The van der Waals surface area contributed by atoms with Gasteiger partial charge in [0.25, 0.3) is 5.91 Å². The van der Waals surface area contributed by atoms with Crippen LogP contribution in [0.2, 0.25) is 5.02 Å². The van der Waals surface area contributed by atoms with E-state index in [0.717, 1.165) is 5.56 Å². The van der Waals surface area contributed by atoms with Gasteiger partial charge in [-0.15, -0.1) is 0 Å². The summed E-state index contributed by atoms with van der Waals surface area (Å²) in [6.07, 6.45) is 0. The predicted molar refractivity (Wildman–Crippen MR) is 85.3 cm³/mol. The number of amides is 3. The zero-order chi connectivity index (χ0) is 16.7. The summed E-state index contributed by atoms with van der Waals surface area (Å²) in [5.74, 6) is -2.38. The zero-order valence-electron chi connectivity index (χ0n) is 12.0. The van der Waals surface area contributed by atoms with Gasteiger partial charge in [0.05, 0.1) is 0 Å². The fraction of sp³-hybridized carbons (Fsp3) is 0.0625. The van der Waals surface area contributed by atoms with E-state index >= 15 is 0 Å². The van der Waals surface area contributed by atoms with Crippen LogP contribution in [0.4, 0.5) is 0 Å². The average Bonchev–Trinajstić information content (AvgIpc) is 2.58. The van der Waals surface area contributed by atoms with Gasteiger partial charge in [0, 0.05) is 17.1 Å². The first-order chi connectivity index (χ1) is 11.1. The molecule has 0 radical (unpaired) electrons. The normalized spacial score (nSPS) is 9.78. The number of hydrogen-bond acceptors (Lipinski definition) is 3. The average molecular weight is 332 g/mol. The number of carbonyl (C=O) groups is 3. The van der Waals surface area contributed by atoms with Crippen LogP contribution >= 0.6 is 11.6 Å². The number of nitrogens with one attached hydrogen (secondary N) is 3. The highest BCUT2D eigenvalue weighted by Gasteiger charge is 2.14. The first-order valence-corrected chi connectivity index (χ1v) is 7.12. The van der Waals surface area contributed by atoms with Gasteiger partial charge in [-0.3, -0.25) is 25.2 Å². The van der Waals surface area contributed by atoms with Crippen LogP contribution in [0.5, 0.6) is 0 Å². The molecule has 3 N–H and O–H groups in total. The summed E-state index contributed by atoms with van der Waals surface area (Å²) >= 11 is 5.77. The number of halogens is 1. The Bertz CT molecular complexity index is 720. The molecule has 23 heavy (non-hydrogen) atoms. The van der Waals surface area contributed by atoms with E-state index < -0.39 is 17.7 Å². The van der Waals surface area contributed by atoms with Crippen molar-refractivity contribution < 1.29 is 14.4 Å². The Kier molecular flexibility index (Phi) is 5.71. The van der Waals surface area contributed by atoms with Crippen LogP contribution in [0.15, 0.2) is 54.6 Å². The lowest BCUT2D eigenvalue weighted by Crippen LogP contribution is -2.48. The van der Waals surface area contributed by atoms with E-state index in [9.17, 15) is 14.4 Å². The summed E-state index contributed by atoms with van der Waals surface area (Å²) in [5, 5.41) is 2.84. The minimum Gasteiger partial charge on any atom is -0.344 e. The third-order valence-electron chi connectivity index (χ3n) is 2.88. The van der Waals surface area contributed by atoms with Crippen LogP contribution in [0.25, 0.3) is 0 Å². The number of hydrazine groups is 1. The van der Waals surface area contributed by atoms with Crippen molar-refractivity contribution in [3.8, 4) is 0 Å². The van der Waals surface area contributed by atoms with Crippen molar-refractivity contribution in [1.82, 2.24) is 16.2 Å². The maximum atomic E-state index is 11.8. The van der Waals surface area contributed by atoms with Gasteiger partial charge in [-0.2, -0.15) is 0 Å². The van der Waals surface area contributed by atoms with E-state index in [1.54, 1.807) is 12.1 Å². The summed E-state index contributed by atoms with van der Waals surface area (Å²) in [4.78, 5) is 35.0. The Balaban J connectivity index is 1.80. The van der Waals surface area contributed by atoms with Crippen molar-refractivity contribution in [3.63, 3.8) is 0 Å². The van der Waals surface area contributed by atoms with Crippen molar-refractivity contribution in [3.05, 3.63) is 70.7 Å². The molecule has 0 aliphatic rings. The highest BCUT2D eigenvalue weighted by atomic mass is 35.5. The first-order valence-electron chi connectivity index (χ1n) is 6.74. The maximum absolute atomic E-state index is 11.8. The van der Waals surface area contributed by atoms with Crippen molar-refractivity contribution in [2.45, 2.75) is 6.54 Å². The van der Waals surface area contributed by atoms with Crippen molar-refractivity contribution in [1.29, 1.82) is 0 Å². The summed E-state index contributed by atoms with van der Waals surface area (Å²) < 4.78 is 0. The third-order valence-corrected chi connectivity index (χ3v) is 3.11. The van der Waals surface area contributed by atoms with Crippen molar-refractivity contribution in [2.24, 2.45) is 0 Å². The molecular weight excluding hydrogens is 318 g/mol. The second-order valence-corrected chi connectivity index (χ2v) is 5.02. The summed E-state index contributed by atoms with van der Waals surface area (Å²) in [6.45, 7) is 0.218. The van der Waals surface area contributed by atoms with E-state index in [1.807, 2.05) is 35.8 Å². The molecule has 2 rings (SSSR count). The smallest absolute Gasteiger partial charge is 0.327 e. The van der Waals surface area contributed by atoms with Gasteiger partial charge in [-0.1, -0.05) is 48.0 Å². The molecule has 2 aromatic rings. The number of benzene rings is 2. The molecule has 0 unspecified atom stereocenters. The molecule has 2 aromatic carbocycles. The van der Waals surface area contributed by atoms with Crippen LogP contribution in [0.1, 0.15) is 15.9 Å². The minimum absolute atomic E-state index is 0.218. The highest BCUT2D eigenvalue weighted by molar-refractivity contribution is 6.35. The molecule has 0 saturated carbocycles. The number of hydrogen-bond donors (Lipinski definition) is 3. The number of rotatable bonds is 3. The molecule has 0 aliphatic heterocycles. The lowest BCUT2D eigenvalue weighted by Gasteiger charge is -2.08. The largest absolute Gasteiger partial charge is 0.344 e. The van der Waals surface area contributed by atoms with Gasteiger partial charge < -0.3 is 5.32 Å². The molecule has 0 atom stereocenters. The summed E-state index contributed by atoms with van der Waals surface area (Å²) in [5.41, 5.74) is 5.31. The molecule has 6 nitrogen and oxygen atoms in total. The second-order valence-electron chi connectivity index (χ2n) is 4.59. The maximum Gasteiger partial charge on any atom is 0.327 e. The quantitative estimate of drug-likeness (QED) is 0.587. The Hall–Kier alpha value is -2.86. The Morgan fingerprint density at radius 1 is 0.870 bits per heavy atom. The predicted octanol–water partition coefficient (Wildman–Crippen LogP) is 1.42. The molecule has 0 fully saturated rings. The number of carbonyl (C=O) groups excluding carboxylic acids is 3. The zero-order valence-corrected chi connectivity index (χ0v) is 12.8. The molecule has 7 heteroatoms. The van der Waals surface area contributed by atoms with Crippen LogP contribution in [-0.2, 0) is 16.1 Å². The van der Waals surface area contributed by atoms with Crippen molar-refractivity contribution >= 4 is 29.3 Å². The lowest BCUT2D eigenvalue weighted by atomic mass is 10.2. The molecule has 0 saturated heterocycles. The molecule has 118 valence electrons. The van der Waals surface area contributed by atoms with Crippen LogP contribution in [-0.4, -0.2) is 17.7 Å². The van der Waals surface area contributed by atoms with Crippen molar-refractivity contribution in [2.75, 3.05) is 0 Å². The third kappa shape index (κ3) is 5.12. The molecule has 0 bridgehead atoms. The van der Waals surface area contributed by atoms with Crippen LogP contribution < -0.4 is 16.2 Å². The summed E-state index contributed by atoms with van der Waals surface area (Å²) in [6, 6.07) is 15.3. The Morgan fingerprint density at radius 3 is 2.30 bits per heavy atom. The molecular formula is C16H14ClN3O3. The van der Waals surface area contributed by atoms with E-state index in [0.29, 0.717) is 5.02 Å². The van der Waals surface area contributed by atoms with Crippen LogP contribution in [0.3, 0.4) is 0 Å². The fourth-order valence-corrected chi connectivity index (χ4v) is 1.92. The standard InChI is InChI=1S/C16H14ClN3O3/c17-13-8-4-7-12(9-13)14(21)19-20-16(23)15(22)18-10-11-5-2-1-3-6-11/h1-9H,10H2,(H,18,22)(H,19,21)(H,20,23). The molecule has 3 amide bonds. The van der Waals surface area contributed by atoms with E-state index in [1.165, 1.54) is 12.1 Å². The lowest BCUT2D eigenvalue weighted by molar-refractivity contribution is -0.139. The monoisotopic (exact) mass is 331 g/mol. The van der Waals surface area contributed by atoms with Gasteiger partial charge in [0.1, 0.15) is 0 Å². The second kappa shape index (κ2) is 7.95. The van der Waals surface area contributed by atoms with Crippen LogP contribution in [0, 0.1) is 0 Å². The minimum atomic E-state index is -0.962. The Labute approximate surface area is 137 Å². The fourth-order valence-electron chi connectivity index (χ4n) is 1.73. The van der Waals surface area contributed by atoms with E-state index in [-0.39, 0.29) is 12.1 Å². The van der Waals surface area contributed by atoms with Gasteiger partial charge >= 0.3 is 11.8 Å². The van der Waals surface area contributed by atoms with E-state index in [4.69, 9.17) is 11.6 Å². The summed E-state index contributed by atoms with van der Waals surface area (Å²) in [7, 11) is 0.